The van der Waals surface area contributed by atoms with E-state index in [0.29, 0.717) is 48.5 Å². The molecule has 1 fully saturated rings. The van der Waals surface area contributed by atoms with E-state index in [4.69, 9.17) is 15.2 Å². The van der Waals surface area contributed by atoms with Gasteiger partial charge in [-0.3, -0.25) is 0 Å². The highest BCUT2D eigenvalue weighted by molar-refractivity contribution is 5.88. The van der Waals surface area contributed by atoms with Crippen molar-refractivity contribution in [1.82, 2.24) is 25.1 Å². The Morgan fingerprint density at radius 3 is 3.04 bits per heavy atom. The maximum absolute atomic E-state index is 11.3. The van der Waals surface area contributed by atoms with E-state index in [1.54, 1.807) is 11.6 Å². The van der Waals surface area contributed by atoms with E-state index in [9.17, 15) is 15.0 Å². The zero-order valence-electron chi connectivity index (χ0n) is 15.0. The number of carbonyl (C=O) groups excluding carboxylic acids is 1. The molecule has 1 saturated heterocycles. The van der Waals surface area contributed by atoms with E-state index >= 15 is 0 Å². The van der Waals surface area contributed by atoms with Crippen LogP contribution in [0, 0.1) is 0 Å². The number of aliphatic hydroxyl groups excluding tert-OH is 2. The van der Waals surface area contributed by atoms with Crippen molar-refractivity contribution >= 4 is 22.9 Å². The second-order valence-electron chi connectivity index (χ2n) is 6.21. The van der Waals surface area contributed by atoms with Crippen LogP contribution in [-0.2, 0) is 15.9 Å². The SMILES string of the molecule is CCOC(=O)NCCCc1nn(C2CC(O)C(CO)O2)c2ncnc(N)c12. The third-order valence-electron chi connectivity index (χ3n) is 4.38. The average Bonchev–Trinajstić information content (AvgIpc) is 3.20. The van der Waals surface area contributed by atoms with Gasteiger partial charge in [0.05, 0.1) is 30.4 Å². The van der Waals surface area contributed by atoms with Gasteiger partial charge in [-0.25, -0.2) is 19.4 Å². The van der Waals surface area contributed by atoms with Crippen LogP contribution in [-0.4, -0.2) is 68.0 Å². The molecule has 0 aromatic carbocycles. The maximum Gasteiger partial charge on any atom is 0.407 e. The number of aryl methyl sites for hydroxylation is 1. The van der Waals surface area contributed by atoms with Crippen molar-refractivity contribution in [3.05, 3.63) is 12.0 Å². The van der Waals surface area contributed by atoms with Gasteiger partial charge < -0.3 is 30.7 Å². The molecule has 5 N–H and O–H groups in total. The molecule has 2 aromatic rings. The molecule has 3 heterocycles. The van der Waals surface area contributed by atoms with E-state index in [0.717, 1.165) is 0 Å². The molecule has 0 radical (unpaired) electrons. The number of nitrogens with two attached hydrogens (primary N) is 1. The number of amides is 1. The van der Waals surface area contributed by atoms with Crippen LogP contribution in [0.5, 0.6) is 0 Å². The van der Waals surface area contributed by atoms with Gasteiger partial charge in [0.2, 0.25) is 0 Å². The van der Waals surface area contributed by atoms with Crippen LogP contribution < -0.4 is 11.1 Å². The summed E-state index contributed by atoms with van der Waals surface area (Å²) in [6.07, 6.45) is 0.326. The molecule has 1 aliphatic rings. The van der Waals surface area contributed by atoms with Gasteiger partial charge in [-0.1, -0.05) is 0 Å². The van der Waals surface area contributed by atoms with Crippen LogP contribution in [0.15, 0.2) is 6.33 Å². The smallest absolute Gasteiger partial charge is 0.407 e. The molecule has 3 atom stereocenters. The second kappa shape index (κ2) is 8.46. The van der Waals surface area contributed by atoms with Gasteiger partial charge in [-0.2, -0.15) is 5.10 Å². The normalized spacial score (nSPS) is 22.3. The maximum atomic E-state index is 11.3. The Balaban J connectivity index is 1.77. The van der Waals surface area contributed by atoms with E-state index in [1.807, 2.05) is 0 Å². The van der Waals surface area contributed by atoms with Gasteiger partial charge in [-0.05, 0) is 19.8 Å². The number of hydrogen-bond donors (Lipinski definition) is 4. The lowest BCUT2D eigenvalue weighted by molar-refractivity contribution is -0.0471. The fourth-order valence-corrected chi connectivity index (χ4v) is 3.10. The number of aromatic nitrogens is 4. The van der Waals surface area contributed by atoms with Crippen molar-refractivity contribution in [2.45, 2.75) is 44.6 Å². The summed E-state index contributed by atoms with van der Waals surface area (Å²) in [5.74, 6) is 0.303. The highest BCUT2D eigenvalue weighted by Gasteiger charge is 2.36. The molecule has 27 heavy (non-hydrogen) atoms. The summed E-state index contributed by atoms with van der Waals surface area (Å²) in [5.41, 5.74) is 7.20. The monoisotopic (exact) mass is 380 g/mol. The molecule has 0 aliphatic carbocycles. The summed E-state index contributed by atoms with van der Waals surface area (Å²) in [4.78, 5) is 19.6. The Morgan fingerprint density at radius 2 is 2.33 bits per heavy atom. The van der Waals surface area contributed by atoms with Crippen molar-refractivity contribution in [2.24, 2.45) is 0 Å². The van der Waals surface area contributed by atoms with Crippen LogP contribution in [0.25, 0.3) is 11.0 Å². The minimum atomic E-state index is -0.782. The van der Waals surface area contributed by atoms with E-state index < -0.39 is 24.5 Å². The number of nitrogens with zero attached hydrogens (tertiary/aromatic N) is 4. The number of anilines is 1. The lowest BCUT2D eigenvalue weighted by Gasteiger charge is -2.12. The Bertz CT molecular complexity index is 797. The number of nitrogen functional groups attached to an aromatic ring is 1. The van der Waals surface area contributed by atoms with Crippen LogP contribution in [0.3, 0.4) is 0 Å². The number of ether oxygens (including phenoxy) is 2. The number of carbonyl (C=O) groups is 1. The zero-order valence-corrected chi connectivity index (χ0v) is 15.0. The highest BCUT2D eigenvalue weighted by Crippen LogP contribution is 2.32. The molecule has 0 bridgehead atoms. The quantitative estimate of drug-likeness (QED) is 0.474. The largest absolute Gasteiger partial charge is 0.450 e. The van der Waals surface area contributed by atoms with Crippen molar-refractivity contribution in [3.8, 4) is 0 Å². The fourth-order valence-electron chi connectivity index (χ4n) is 3.10. The molecule has 11 nitrogen and oxygen atoms in total. The summed E-state index contributed by atoms with van der Waals surface area (Å²) in [6.45, 7) is 2.20. The van der Waals surface area contributed by atoms with Crippen LogP contribution in [0.2, 0.25) is 0 Å². The van der Waals surface area contributed by atoms with E-state index in [1.165, 1.54) is 6.33 Å². The van der Waals surface area contributed by atoms with Gasteiger partial charge in [0.25, 0.3) is 0 Å². The first-order valence-corrected chi connectivity index (χ1v) is 8.87. The minimum Gasteiger partial charge on any atom is -0.450 e. The molecule has 1 amide bonds. The topological polar surface area (TPSA) is 158 Å². The number of nitrogens with one attached hydrogen (secondary N) is 1. The van der Waals surface area contributed by atoms with Gasteiger partial charge in [-0.15, -0.1) is 0 Å². The predicted octanol–water partition coefficient (Wildman–Crippen LogP) is -0.272. The standard InChI is InChI=1S/C16H24N6O5/c1-2-26-16(25)18-5-3-4-9-13-14(17)19-8-20-15(13)22(21-9)12-6-10(24)11(7-23)27-12/h8,10-12,23-24H,2-7H2,1H3,(H,18,25)(H2,17,19,20). The summed E-state index contributed by atoms with van der Waals surface area (Å²) < 4.78 is 12.1. The molecule has 0 saturated carbocycles. The molecule has 2 aromatic heterocycles. The third kappa shape index (κ3) is 4.10. The van der Waals surface area contributed by atoms with Gasteiger partial charge in [0.15, 0.2) is 11.9 Å². The highest BCUT2D eigenvalue weighted by atomic mass is 16.5. The first-order valence-electron chi connectivity index (χ1n) is 8.87. The fraction of sp³-hybridized carbons (Fsp3) is 0.625. The number of fused-ring (bicyclic) bond motifs is 1. The molecule has 3 unspecified atom stereocenters. The first kappa shape index (κ1) is 19.3. The molecule has 148 valence electrons. The first-order chi connectivity index (χ1) is 13.0. The van der Waals surface area contributed by atoms with E-state index in [-0.39, 0.29) is 13.0 Å². The summed E-state index contributed by atoms with van der Waals surface area (Å²) in [7, 11) is 0. The molecule has 11 heteroatoms. The second-order valence-corrected chi connectivity index (χ2v) is 6.21. The number of hydrogen-bond acceptors (Lipinski definition) is 9. The average molecular weight is 380 g/mol. The Morgan fingerprint density at radius 1 is 1.52 bits per heavy atom. The van der Waals surface area contributed by atoms with E-state index in [2.05, 4.69) is 20.4 Å². The molecular weight excluding hydrogens is 356 g/mol. The zero-order chi connectivity index (χ0) is 19.4. The molecular formula is C16H24N6O5. The number of rotatable bonds is 7. The van der Waals surface area contributed by atoms with Crippen molar-refractivity contribution in [1.29, 1.82) is 0 Å². The van der Waals surface area contributed by atoms with Crippen LogP contribution in [0.4, 0.5) is 10.6 Å². The van der Waals surface area contributed by atoms with Crippen molar-refractivity contribution < 1.29 is 24.5 Å². The summed E-state index contributed by atoms with van der Waals surface area (Å²) in [5, 5.41) is 27.1. The van der Waals surface area contributed by atoms with Crippen LogP contribution in [0.1, 0.15) is 31.7 Å². The summed E-state index contributed by atoms with van der Waals surface area (Å²) >= 11 is 0. The predicted molar refractivity (Wildman–Crippen MR) is 94.7 cm³/mol. The van der Waals surface area contributed by atoms with Crippen molar-refractivity contribution in [3.63, 3.8) is 0 Å². The molecule has 1 aliphatic heterocycles. The Hall–Kier alpha value is -2.50. The molecule has 0 spiro atoms. The van der Waals surface area contributed by atoms with Gasteiger partial charge in [0, 0.05) is 13.0 Å². The molecule has 3 rings (SSSR count). The number of aliphatic hydroxyl groups is 2. The van der Waals surface area contributed by atoms with Crippen LogP contribution >= 0.6 is 0 Å². The lowest BCUT2D eigenvalue weighted by atomic mass is 10.2. The Kier molecular flexibility index (Phi) is 6.04. The summed E-state index contributed by atoms with van der Waals surface area (Å²) in [6, 6.07) is 0. The number of alkyl carbamates (subject to hydrolysis) is 1. The van der Waals surface area contributed by atoms with Gasteiger partial charge in [0.1, 0.15) is 18.2 Å². The van der Waals surface area contributed by atoms with Crippen molar-refractivity contribution in [2.75, 3.05) is 25.5 Å². The van der Waals surface area contributed by atoms with Gasteiger partial charge >= 0.3 is 6.09 Å². The lowest BCUT2D eigenvalue weighted by Crippen LogP contribution is -2.25. The Labute approximate surface area is 155 Å². The minimum absolute atomic E-state index is 0.277. The third-order valence-corrected chi connectivity index (χ3v) is 4.38.